The van der Waals surface area contributed by atoms with Crippen molar-refractivity contribution in [2.45, 2.75) is 66.2 Å². The van der Waals surface area contributed by atoms with E-state index >= 15 is 0 Å². The molecular formula is C23H35ClCrO2P. The zero-order valence-electron chi connectivity index (χ0n) is 18.6. The molecule has 0 aliphatic heterocycles. The molecule has 0 bridgehead atoms. The molecule has 2 aromatic carbocycles. The van der Waals surface area contributed by atoms with Gasteiger partial charge in [-0.3, -0.25) is 0 Å². The Bertz CT molecular complexity index is 729. The van der Waals surface area contributed by atoms with E-state index < -0.39 is 14.4 Å². The van der Waals surface area contributed by atoms with Crippen LogP contribution in [0, 0.1) is 13.8 Å². The van der Waals surface area contributed by atoms with Gasteiger partial charge in [-0.25, -0.2) is 0 Å². The Hall–Kier alpha value is -0.708. The van der Waals surface area contributed by atoms with E-state index in [1.807, 2.05) is 0 Å². The maximum Gasteiger partial charge on any atom is -0.147 e. The normalized spacial score (nSPS) is 12.4. The number of halogens is 1. The SMILES string of the molecule is C[PH][Cr]([O]c1ccc(C)cc1C(C)(C)C)[O]c1ccc(C)cc1C(C)(C)C.Cl. The van der Waals surface area contributed by atoms with Crippen LogP contribution < -0.4 is 7.58 Å². The number of hydrogen-bond donors (Lipinski definition) is 0. The Morgan fingerprint density at radius 3 is 1.36 bits per heavy atom. The molecule has 2 aromatic rings. The molecule has 0 saturated heterocycles. The van der Waals surface area contributed by atoms with Crippen molar-refractivity contribution in [3.8, 4) is 11.5 Å². The van der Waals surface area contributed by atoms with Gasteiger partial charge in [0.2, 0.25) is 0 Å². The molecule has 0 amide bonds. The molecule has 0 heterocycles. The Kier molecular flexibility index (Phi) is 8.92. The van der Waals surface area contributed by atoms with Crippen LogP contribution in [-0.4, -0.2) is 6.66 Å². The summed E-state index contributed by atoms with van der Waals surface area (Å²) in [4.78, 5) is 0. The molecule has 157 valence electrons. The minimum absolute atomic E-state index is 0. The Labute approximate surface area is 184 Å². The fourth-order valence-electron chi connectivity index (χ4n) is 2.87. The monoisotopic (exact) mass is 461 g/mol. The Morgan fingerprint density at radius 1 is 0.714 bits per heavy atom. The second-order valence-electron chi connectivity index (χ2n) is 9.10. The summed E-state index contributed by atoms with van der Waals surface area (Å²) in [5.74, 6) is 1.94. The van der Waals surface area contributed by atoms with E-state index in [4.69, 9.17) is 7.58 Å². The van der Waals surface area contributed by atoms with E-state index in [1.165, 1.54) is 22.3 Å². The van der Waals surface area contributed by atoms with Crippen LogP contribution in [0.1, 0.15) is 63.8 Å². The van der Waals surface area contributed by atoms with Gasteiger partial charge in [0.1, 0.15) is 0 Å². The van der Waals surface area contributed by atoms with Crippen molar-refractivity contribution < 1.29 is 21.9 Å². The van der Waals surface area contributed by atoms with E-state index in [1.54, 1.807) is 0 Å². The van der Waals surface area contributed by atoms with Crippen molar-refractivity contribution in [2.24, 2.45) is 0 Å². The molecule has 2 rings (SSSR count). The Balaban J connectivity index is 0.00000392. The van der Waals surface area contributed by atoms with Gasteiger partial charge < -0.3 is 0 Å². The van der Waals surface area contributed by atoms with E-state index in [-0.39, 0.29) is 23.2 Å². The van der Waals surface area contributed by atoms with Crippen molar-refractivity contribution in [1.29, 1.82) is 0 Å². The van der Waals surface area contributed by atoms with Gasteiger partial charge in [-0.15, -0.1) is 12.4 Å². The van der Waals surface area contributed by atoms with Crippen molar-refractivity contribution >= 4 is 19.6 Å². The van der Waals surface area contributed by atoms with Crippen molar-refractivity contribution in [2.75, 3.05) is 6.66 Å². The third kappa shape index (κ3) is 6.67. The zero-order chi connectivity index (χ0) is 20.4. The number of aryl methyl sites for hydroxylation is 2. The van der Waals surface area contributed by atoms with Gasteiger partial charge in [-0.1, -0.05) is 0 Å². The minimum Gasteiger partial charge on any atom is -0.147 e. The van der Waals surface area contributed by atoms with Crippen molar-refractivity contribution in [1.82, 2.24) is 0 Å². The summed E-state index contributed by atoms with van der Waals surface area (Å²) in [7, 11) is 0.635. The number of rotatable bonds is 5. The summed E-state index contributed by atoms with van der Waals surface area (Å²) in [6.45, 7) is 19.8. The van der Waals surface area contributed by atoms with E-state index in [2.05, 4.69) is 98.5 Å². The van der Waals surface area contributed by atoms with Crippen LogP contribution in [0.2, 0.25) is 0 Å². The Morgan fingerprint density at radius 2 is 1.07 bits per heavy atom. The minimum atomic E-state index is -1.71. The molecule has 0 spiro atoms. The molecule has 0 radical (unpaired) electrons. The molecule has 1 unspecified atom stereocenters. The molecular weight excluding hydrogens is 427 g/mol. The standard InChI is InChI=1S/2C11H16O.CH4P.ClH.Cr/c2*1-8-5-6-10(12)9(7-8)11(2,3)4;1-2;;/h2*5-7,12H,1-4H3;2H,1H3;1H;/q;;-1;;+3/p-2. The molecule has 0 aromatic heterocycles. The van der Waals surface area contributed by atoms with E-state index in [0.717, 1.165) is 11.5 Å². The van der Waals surface area contributed by atoms with Crippen LogP contribution >= 0.6 is 19.6 Å². The zero-order valence-corrected chi connectivity index (χ0v) is 21.7. The third-order valence-electron chi connectivity index (χ3n) is 4.38. The first kappa shape index (κ1) is 25.3. The van der Waals surface area contributed by atoms with E-state index in [9.17, 15) is 0 Å². The summed E-state index contributed by atoms with van der Waals surface area (Å²) in [6.07, 6.45) is 0. The predicted octanol–water partition coefficient (Wildman–Crippen LogP) is 7.45. The fraction of sp³-hybridized carbons (Fsp3) is 0.478. The molecule has 0 aliphatic rings. The summed E-state index contributed by atoms with van der Waals surface area (Å²) in [6, 6.07) is 12.9. The average molecular weight is 462 g/mol. The van der Waals surface area contributed by atoms with Gasteiger partial charge in [0.05, 0.1) is 0 Å². The topological polar surface area (TPSA) is 18.5 Å². The number of benzene rings is 2. The van der Waals surface area contributed by atoms with Crippen molar-refractivity contribution in [3.05, 3.63) is 58.7 Å². The first-order valence-corrected chi connectivity index (χ1v) is 13.8. The summed E-state index contributed by atoms with van der Waals surface area (Å²) in [5, 5.41) is 0. The van der Waals surface area contributed by atoms with Crippen LogP contribution in [0.5, 0.6) is 11.5 Å². The fourth-order valence-corrected chi connectivity index (χ4v) is 5.57. The first-order chi connectivity index (χ1) is 12.4. The maximum atomic E-state index is 6.49. The van der Waals surface area contributed by atoms with Gasteiger partial charge >= 0.3 is 172 Å². The largest absolute Gasteiger partial charge is 0.147 e. The molecule has 28 heavy (non-hydrogen) atoms. The van der Waals surface area contributed by atoms with Crippen molar-refractivity contribution in [3.63, 3.8) is 0 Å². The molecule has 0 N–H and O–H groups in total. The average Bonchev–Trinajstić information content (AvgIpc) is 2.55. The van der Waals surface area contributed by atoms with Gasteiger partial charge in [0.25, 0.3) is 0 Å². The summed E-state index contributed by atoms with van der Waals surface area (Å²) >= 11 is -1.71. The van der Waals surface area contributed by atoms with Gasteiger partial charge in [0.15, 0.2) is 0 Å². The van der Waals surface area contributed by atoms with Gasteiger partial charge in [-0.2, -0.15) is 0 Å². The summed E-state index contributed by atoms with van der Waals surface area (Å²) in [5.41, 5.74) is 5.09. The van der Waals surface area contributed by atoms with Crippen LogP contribution in [0.4, 0.5) is 0 Å². The second kappa shape index (κ2) is 9.86. The second-order valence-corrected chi connectivity index (χ2v) is 14.1. The molecule has 5 heteroatoms. The quantitative estimate of drug-likeness (QED) is 0.430. The molecule has 1 atom stereocenters. The molecule has 0 saturated carbocycles. The van der Waals surface area contributed by atoms with Crippen LogP contribution in [0.15, 0.2) is 36.4 Å². The van der Waals surface area contributed by atoms with Crippen LogP contribution in [0.25, 0.3) is 0 Å². The van der Waals surface area contributed by atoms with Gasteiger partial charge in [-0.05, 0) is 0 Å². The van der Waals surface area contributed by atoms with E-state index in [0.29, 0.717) is 7.23 Å². The van der Waals surface area contributed by atoms with Gasteiger partial charge in [0, 0.05) is 0 Å². The molecule has 0 aliphatic carbocycles. The molecule has 0 fully saturated rings. The maximum absolute atomic E-state index is 6.49. The predicted molar refractivity (Wildman–Crippen MR) is 123 cm³/mol. The summed E-state index contributed by atoms with van der Waals surface area (Å²) < 4.78 is 13.0. The van der Waals surface area contributed by atoms with Crippen LogP contribution in [0.3, 0.4) is 0 Å². The number of hydrogen-bond acceptors (Lipinski definition) is 2. The third-order valence-corrected chi connectivity index (χ3v) is 8.00. The molecule has 2 nitrogen and oxygen atoms in total. The smallest absolute Gasteiger partial charge is 0.147 e. The first-order valence-electron chi connectivity index (χ1n) is 9.42. The van der Waals surface area contributed by atoms with Crippen LogP contribution in [-0.2, 0) is 25.2 Å².